The van der Waals surface area contributed by atoms with Crippen LogP contribution in [0, 0.1) is 0 Å². The van der Waals surface area contributed by atoms with Gasteiger partial charge in [0, 0.05) is 12.6 Å². The van der Waals surface area contributed by atoms with Crippen LogP contribution in [-0.2, 0) is 4.74 Å². The number of unbranched alkanes of at least 4 members (excludes halogenated alkanes) is 3. The molecule has 1 aromatic carbocycles. The number of nitrogens with zero attached hydrogens (tertiary/aromatic N) is 1. The SMILES string of the molecule is CCCCCCOC(CC1CCCN1C)c1cccc(OC)c1. The molecule has 1 heterocycles. The summed E-state index contributed by atoms with van der Waals surface area (Å²) in [6, 6.07) is 9.02. The van der Waals surface area contributed by atoms with Crippen LogP contribution in [0.3, 0.4) is 0 Å². The van der Waals surface area contributed by atoms with Crippen LogP contribution in [0.1, 0.15) is 63.5 Å². The second kappa shape index (κ2) is 9.94. The first-order valence-corrected chi connectivity index (χ1v) is 9.20. The first-order valence-electron chi connectivity index (χ1n) is 9.20. The van der Waals surface area contributed by atoms with Crippen LogP contribution >= 0.6 is 0 Å². The number of benzene rings is 1. The molecule has 1 aliphatic rings. The van der Waals surface area contributed by atoms with Gasteiger partial charge in [0.2, 0.25) is 0 Å². The van der Waals surface area contributed by atoms with Gasteiger partial charge in [-0.05, 0) is 57.0 Å². The lowest BCUT2D eigenvalue weighted by atomic mass is 10.00. The van der Waals surface area contributed by atoms with Crippen molar-refractivity contribution >= 4 is 0 Å². The van der Waals surface area contributed by atoms with Gasteiger partial charge in [0.05, 0.1) is 13.2 Å². The van der Waals surface area contributed by atoms with E-state index in [4.69, 9.17) is 9.47 Å². The zero-order chi connectivity index (χ0) is 16.5. The Bertz CT molecular complexity index is 449. The monoisotopic (exact) mass is 319 g/mol. The van der Waals surface area contributed by atoms with Crippen molar-refractivity contribution in [2.45, 2.75) is 64.0 Å². The van der Waals surface area contributed by atoms with Gasteiger partial charge in [0.1, 0.15) is 5.75 Å². The van der Waals surface area contributed by atoms with E-state index in [0.717, 1.165) is 25.2 Å². The van der Waals surface area contributed by atoms with E-state index in [9.17, 15) is 0 Å². The van der Waals surface area contributed by atoms with Gasteiger partial charge in [0.25, 0.3) is 0 Å². The van der Waals surface area contributed by atoms with E-state index in [1.807, 2.05) is 6.07 Å². The van der Waals surface area contributed by atoms with E-state index in [2.05, 4.69) is 37.1 Å². The largest absolute Gasteiger partial charge is 0.497 e. The number of likely N-dealkylation sites (tertiary alicyclic amines) is 1. The predicted molar refractivity (Wildman–Crippen MR) is 96.1 cm³/mol. The third kappa shape index (κ3) is 5.82. The molecule has 0 spiro atoms. The average Bonchev–Trinajstić information content (AvgIpc) is 2.98. The summed E-state index contributed by atoms with van der Waals surface area (Å²) in [6.45, 7) is 4.32. The molecule has 23 heavy (non-hydrogen) atoms. The summed E-state index contributed by atoms with van der Waals surface area (Å²) in [6.07, 6.45) is 8.86. The first kappa shape index (κ1) is 18.3. The van der Waals surface area contributed by atoms with Gasteiger partial charge in [-0.2, -0.15) is 0 Å². The number of rotatable bonds is 10. The lowest BCUT2D eigenvalue weighted by Gasteiger charge is -2.26. The first-order chi connectivity index (χ1) is 11.2. The van der Waals surface area contributed by atoms with E-state index in [0.29, 0.717) is 6.04 Å². The quantitative estimate of drug-likeness (QED) is 0.577. The van der Waals surface area contributed by atoms with Gasteiger partial charge in [-0.15, -0.1) is 0 Å². The highest BCUT2D eigenvalue weighted by Crippen LogP contribution is 2.31. The molecule has 1 fully saturated rings. The second-order valence-electron chi connectivity index (χ2n) is 6.71. The van der Waals surface area contributed by atoms with Crippen molar-refractivity contribution in [2.75, 3.05) is 27.3 Å². The summed E-state index contributed by atoms with van der Waals surface area (Å²) in [4.78, 5) is 2.48. The molecule has 0 radical (unpaired) electrons. The van der Waals surface area contributed by atoms with E-state index in [1.54, 1.807) is 7.11 Å². The minimum Gasteiger partial charge on any atom is -0.497 e. The molecule has 1 aromatic rings. The Morgan fingerprint density at radius 3 is 2.83 bits per heavy atom. The molecule has 0 amide bonds. The normalized spacial score (nSPS) is 19.9. The van der Waals surface area contributed by atoms with E-state index in [-0.39, 0.29) is 6.10 Å². The highest BCUT2D eigenvalue weighted by Gasteiger charge is 2.25. The Balaban J connectivity index is 1.97. The van der Waals surface area contributed by atoms with Gasteiger partial charge in [0.15, 0.2) is 0 Å². The van der Waals surface area contributed by atoms with Crippen molar-refractivity contribution in [3.8, 4) is 5.75 Å². The summed E-state index contributed by atoms with van der Waals surface area (Å²) in [5, 5.41) is 0. The third-order valence-corrected chi connectivity index (χ3v) is 4.94. The summed E-state index contributed by atoms with van der Waals surface area (Å²) in [5.41, 5.74) is 1.25. The van der Waals surface area contributed by atoms with Crippen molar-refractivity contribution in [3.05, 3.63) is 29.8 Å². The summed E-state index contributed by atoms with van der Waals surface area (Å²) in [5.74, 6) is 0.918. The third-order valence-electron chi connectivity index (χ3n) is 4.94. The zero-order valence-electron chi connectivity index (χ0n) is 15.1. The second-order valence-corrected chi connectivity index (χ2v) is 6.71. The molecule has 0 bridgehead atoms. The molecule has 130 valence electrons. The molecule has 2 unspecified atom stereocenters. The van der Waals surface area contributed by atoms with Crippen molar-refractivity contribution in [3.63, 3.8) is 0 Å². The van der Waals surface area contributed by atoms with E-state index in [1.165, 1.54) is 44.2 Å². The Morgan fingerprint density at radius 2 is 2.13 bits per heavy atom. The number of methoxy groups -OCH3 is 1. The Labute approximate surface area is 142 Å². The number of ether oxygens (including phenoxy) is 2. The number of hydrogen-bond donors (Lipinski definition) is 0. The molecule has 1 aliphatic heterocycles. The minimum absolute atomic E-state index is 0.178. The fourth-order valence-corrected chi connectivity index (χ4v) is 3.42. The fourth-order valence-electron chi connectivity index (χ4n) is 3.42. The lowest BCUT2D eigenvalue weighted by molar-refractivity contribution is 0.0292. The predicted octanol–water partition coefficient (Wildman–Crippen LogP) is 4.82. The standard InChI is InChI=1S/C20H33NO2/c1-4-5-6-7-14-23-20(16-18-11-9-13-21(18)2)17-10-8-12-19(15-17)22-3/h8,10,12,15,18,20H,4-7,9,11,13-14,16H2,1-3H3. The van der Waals surface area contributed by atoms with Crippen LogP contribution in [0.4, 0.5) is 0 Å². The van der Waals surface area contributed by atoms with Crippen molar-refractivity contribution in [2.24, 2.45) is 0 Å². The molecule has 0 aliphatic carbocycles. The molecule has 2 atom stereocenters. The maximum atomic E-state index is 6.30. The maximum absolute atomic E-state index is 6.30. The zero-order valence-corrected chi connectivity index (χ0v) is 15.1. The average molecular weight is 319 g/mol. The van der Waals surface area contributed by atoms with Gasteiger partial charge in [-0.25, -0.2) is 0 Å². The number of hydrogen-bond acceptors (Lipinski definition) is 3. The van der Waals surface area contributed by atoms with Gasteiger partial charge >= 0.3 is 0 Å². The van der Waals surface area contributed by atoms with Crippen LogP contribution < -0.4 is 4.74 Å². The maximum Gasteiger partial charge on any atom is 0.119 e. The van der Waals surface area contributed by atoms with Crippen LogP contribution in [0.15, 0.2) is 24.3 Å². The van der Waals surface area contributed by atoms with Gasteiger partial charge in [-0.3, -0.25) is 0 Å². The molecular weight excluding hydrogens is 286 g/mol. The molecule has 0 N–H and O–H groups in total. The molecule has 0 saturated carbocycles. The van der Waals surface area contributed by atoms with Crippen molar-refractivity contribution in [1.82, 2.24) is 4.90 Å². The van der Waals surface area contributed by atoms with E-state index >= 15 is 0 Å². The Hall–Kier alpha value is -1.06. The van der Waals surface area contributed by atoms with E-state index < -0.39 is 0 Å². The topological polar surface area (TPSA) is 21.7 Å². The Kier molecular flexibility index (Phi) is 7.90. The molecule has 3 nitrogen and oxygen atoms in total. The molecule has 0 aromatic heterocycles. The lowest BCUT2D eigenvalue weighted by Crippen LogP contribution is -2.27. The summed E-state index contributed by atoms with van der Waals surface area (Å²) < 4.78 is 11.7. The smallest absolute Gasteiger partial charge is 0.119 e. The van der Waals surface area contributed by atoms with Crippen molar-refractivity contribution < 1.29 is 9.47 Å². The molecule has 2 rings (SSSR count). The van der Waals surface area contributed by atoms with Gasteiger partial charge < -0.3 is 14.4 Å². The summed E-state index contributed by atoms with van der Waals surface area (Å²) >= 11 is 0. The summed E-state index contributed by atoms with van der Waals surface area (Å²) in [7, 11) is 3.96. The Morgan fingerprint density at radius 1 is 1.26 bits per heavy atom. The van der Waals surface area contributed by atoms with Crippen LogP contribution in [0.25, 0.3) is 0 Å². The highest BCUT2D eigenvalue weighted by molar-refractivity contribution is 5.30. The highest BCUT2D eigenvalue weighted by atomic mass is 16.5. The molecule has 1 saturated heterocycles. The molecule has 3 heteroatoms. The van der Waals surface area contributed by atoms with Crippen molar-refractivity contribution in [1.29, 1.82) is 0 Å². The van der Waals surface area contributed by atoms with Crippen LogP contribution in [0.5, 0.6) is 5.75 Å². The fraction of sp³-hybridized carbons (Fsp3) is 0.700. The van der Waals surface area contributed by atoms with Crippen LogP contribution in [-0.4, -0.2) is 38.3 Å². The molecular formula is C20H33NO2. The van der Waals surface area contributed by atoms with Crippen LogP contribution in [0.2, 0.25) is 0 Å². The minimum atomic E-state index is 0.178. The van der Waals surface area contributed by atoms with Gasteiger partial charge in [-0.1, -0.05) is 38.3 Å².